The van der Waals surface area contributed by atoms with Crippen molar-refractivity contribution in [3.05, 3.63) is 76.2 Å². The molecule has 0 unspecified atom stereocenters. The average molecular weight is 425 g/mol. The van der Waals surface area contributed by atoms with E-state index < -0.39 is 11.9 Å². The van der Waals surface area contributed by atoms with Crippen molar-refractivity contribution in [2.45, 2.75) is 6.18 Å². The SMILES string of the molecule is C=C1OC(c2cc(C(F)(F)F)nn2-c2ncccc2Cl)=Nc2cc(Cl)ccc21. The zero-order valence-electron chi connectivity index (χ0n) is 13.8. The fourth-order valence-electron chi connectivity index (χ4n) is 2.61. The molecule has 0 saturated carbocycles. The van der Waals surface area contributed by atoms with Crippen molar-refractivity contribution < 1.29 is 17.9 Å². The van der Waals surface area contributed by atoms with Gasteiger partial charge in [0.2, 0.25) is 5.90 Å². The van der Waals surface area contributed by atoms with E-state index in [4.69, 9.17) is 27.9 Å². The van der Waals surface area contributed by atoms with Gasteiger partial charge in [0.05, 0.1) is 10.7 Å². The second kappa shape index (κ2) is 6.65. The van der Waals surface area contributed by atoms with Crippen LogP contribution in [0.4, 0.5) is 18.9 Å². The lowest BCUT2D eigenvalue weighted by molar-refractivity contribution is -0.141. The minimum atomic E-state index is -4.69. The van der Waals surface area contributed by atoms with Gasteiger partial charge in [0.15, 0.2) is 11.5 Å². The van der Waals surface area contributed by atoms with Crippen LogP contribution >= 0.6 is 23.2 Å². The number of alkyl halides is 3. The van der Waals surface area contributed by atoms with E-state index in [0.717, 1.165) is 10.7 Å². The minimum absolute atomic E-state index is 0.00321. The molecule has 1 aliphatic heterocycles. The Labute approximate surface area is 166 Å². The first kappa shape index (κ1) is 18.5. The Morgan fingerprint density at radius 3 is 2.61 bits per heavy atom. The topological polar surface area (TPSA) is 52.3 Å². The molecule has 0 aliphatic carbocycles. The molecule has 142 valence electrons. The summed E-state index contributed by atoms with van der Waals surface area (Å²) in [5, 5.41) is 4.14. The minimum Gasteiger partial charge on any atom is -0.437 e. The number of halogens is 5. The second-order valence-corrected chi connectivity index (χ2v) is 6.58. The largest absolute Gasteiger partial charge is 0.437 e. The van der Waals surface area contributed by atoms with Gasteiger partial charge in [-0.3, -0.25) is 0 Å². The van der Waals surface area contributed by atoms with Crippen molar-refractivity contribution in [3.63, 3.8) is 0 Å². The lowest BCUT2D eigenvalue weighted by Crippen LogP contribution is -2.16. The molecule has 0 amide bonds. The Hall–Kier alpha value is -2.84. The van der Waals surface area contributed by atoms with Crippen LogP contribution in [0.5, 0.6) is 0 Å². The fourth-order valence-corrected chi connectivity index (χ4v) is 2.98. The highest BCUT2D eigenvalue weighted by Crippen LogP contribution is 2.36. The van der Waals surface area contributed by atoms with Gasteiger partial charge in [-0.1, -0.05) is 29.8 Å². The van der Waals surface area contributed by atoms with Crippen LogP contribution in [0.15, 0.2) is 54.2 Å². The lowest BCUT2D eigenvalue weighted by Gasteiger charge is -2.19. The van der Waals surface area contributed by atoms with Gasteiger partial charge in [-0.05, 0) is 30.3 Å². The Morgan fingerprint density at radius 2 is 1.89 bits per heavy atom. The quantitative estimate of drug-likeness (QED) is 0.532. The summed E-state index contributed by atoms with van der Waals surface area (Å²) in [7, 11) is 0. The van der Waals surface area contributed by atoms with Gasteiger partial charge in [0.25, 0.3) is 0 Å². The highest BCUT2D eigenvalue weighted by atomic mass is 35.5. The van der Waals surface area contributed by atoms with Gasteiger partial charge >= 0.3 is 6.18 Å². The van der Waals surface area contributed by atoms with Crippen LogP contribution in [0.1, 0.15) is 17.0 Å². The molecular weight excluding hydrogens is 416 g/mol. The fraction of sp³-hybridized carbons (Fsp3) is 0.0556. The average Bonchev–Trinajstić information content (AvgIpc) is 3.07. The highest BCUT2D eigenvalue weighted by molar-refractivity contribution is 6.32. The molecule has 0 atom stereocenters. The molecule has 1 aliphatic rings. The zero-order valence-corrected chi connectivity index (χ0v) is 15.3. The van der Waals surface area contributed by atoms with E-state index in [2.05, 4.69) is 21.7 Å². The summed E-state index contributed by atoms with van der Waals surface area (Å²) in [5.41, 5.74) is -0.240. The maximum atomic E-state index is 13.3. The number of rotatable bonds is 2. The number of nitrogens with zero attached hydrogens (tertiary/aromatic N) is 4. The molecule has 3 heterocycles. The molecule has 0 N–H and O–H groups in total. The molecule has 28 heavy (non-hydrogen) atoms. The number of aliphatic imine (C=N–C) groups is 1. The molecule has 1 aromatic carbocycles. The first-order valence-electron chi connectivity index (χ1n) is 7.78. The van der Waals surface area contributed by atoms with Crippen LogP contribution in [-0.4, -0.2) is 20.7 Å². The molecule has 10 heteroatoms. The maximum absolute atomic E-state index is 13.3. The van der Waals surface area contributed by atoms with Crippen molar-refractivity contribution in [2.75, 3.05) is 0 Å². The molecule has 3 aromatic rings. The monoisotopic (exact) mass is 424 g/mol. The Bertz CT molecular complexity index is 1140. The molecule has 0 fully saturated rings. The van der Waals surface area contributed by atoms with E-state index in [9.17, 15) is 13.2 Å². The first-order valence-corrected chi connectivity index (χ1v) is 8.53. The van der Waals surface area contributed by atoms with Crippen molar-refractivity contribution >= 4 is 40.5 Å². The van der Waals surface area contributed by atoms with E-state index in [1.807, 2.05) is 0 Å². The number of fused-ring (bicyclic) bond motifs is 1. The Morgan fingerprint density at radius 1 is 1.11 bits per heavy atom. The third-order valence-corrected chi connectivity index (χ3v) is 4.39. The first-order chi connectivity index (χ1) is 13.2. The van der Waals surface area contributed by atoms with E-state index in [1.165, 1.54) is 12.3 Å². The predicted molar refractivity (Wildman–Crippen MR) is 99.1 cm³/mol. The molecule has 0 radical (unpaired) electrons. The molecule has 5 nitrogen and oxygen atoms in total. The number of benzene rings is 1. The van der Waals surface area contributed by atoms with Gasteiger partial charge in [-0.25, -0.2) is 14.7 Å². The summed E-state index contributed by atoms with van der Waals surface area (Å²) < 4.78 is 46.4. The van der Waals surface area contributed by atoms with Crippen LogP contribution in [0.2, 0.25) is 10.0 Å². The molecule has 0 bridgehead atoms. The van der Waals surface area contributed by atoms with Crippen molar-refractivity contribution in [3.8, 4) is 5.82 Å². The summed E-state index contributed by atoms with van der Waals surface area (Å²) in [6.07, 6.45) is -3.30. The van der Waals surface area contributed by atoms with Gasteiger partial charge in [-0.15, -0.1) is 0 Å². The van der Waals surface area contributed by atoms with Crippen molar-refractivity contribution in [2.24, 2.45) is 4.99 Å². The molecule has 2 aromatic heterocycles. The Balaban J connectivity index is 1.94. The Kier molecular flexibility index (Phi) is 4.40. The molecular formula is C18H9Cl2F3N4O. The smallest absolute Gasteiger partial charge is 0.435 e. The molecule has 4 rings (SSSR count). The van der Waals surface area contributed by atoms with E-state index >= 15 is 0 Å². The predicted octanol–water partition coefficient (Wildman–Crippen LogP) is 5.67. The third-order valence-electron chi connectivity index (χ3n) is 3.86. The summed E-state index contributed by atoms with van der Waals surface area (Å²) in [6.45, 7) is 3.80. The summed E-state index contributed by atoms with van der Waals surface area (Å²) in [6, 6.07) is 8.70. The van der Waals surface area contributed by atoms with Crippen LogP contribution in [0.25, 0.3) is 11.6 Å². The number of aromatic nitrogens is 3. The molecule has 0 spiro atoms. The maximum Gasteiger partial charge on any atom is 0.435 e. The number of pyridine rings is 1. The zero-order chi connectivity index (χ0) is 20.1. The second-order valence-electron chi connectivity index (χ2n) is 5.74. The van der Waals surface area contributed by atoms with Crippen LogP contribution < -0.4 is 0 Å². The third kappa shape index (κ3) is 3.25. The van der Waals surface area contributed by atoms with E-state index in [1.54, 1.807) is 24.3 Å². The summed E-state index contributed by atoms with van der Waals surface area (Å²) >= 11 is 12.1. The van der Waals surface area contributed by atoms with Crippen LogP contribution in [0, 0.1) is 0 Å². The van der Waals surface area contributed by atoms with Gasteiger partial charge in [-0.2, -0.15) is 18.3 Å². The van der Waals surface area contributed by atoms with Gasteiger partial charge in [0, 0.05) is 22.8 Å². The lowest BCUT2D eigenvalue weighted by atomic mass is 10.1. The summed E-state index contributed by atoms with van der Waals surface area (Å²) in [4.78, 5) is 8.31. The molecule has 0 saturated heterocycles. The normalized spacial score (nSPS) is 13.8. The van der Waals surface area contributed by atoms with Crippen LogP contribution in [-0.2, 0) is 10.9 Å². The number of hydrogen-bond donors (Lipinski definition) is 0. The van der Waals surface area contributed by atoms with Crippen LogP contribution in [0.3, 0.4) is 0 Å². The van der Waals surface area contributed by atoms with E-state index in [0.29, 0.717) is 16.3 Å². The van der Waals surface area contributed by atoms with Gasteiger partial charge in [0.1, 0.15) is 11.5 Å². The summed E-state index contributed by atoms with van der Waals surface area (Å²) in [5.74, 6) is 0.0815. The highest BCUT2D eigenvalue weighted by Gasteiger charge is 2.37. The standard InChI is InChI=1S/C18H9Cl2F3N4O/c1-9-11-5-4-10(19)7-13(11)25-17(28-9)14-8-15(18(21,22)23)26-27(14)16-12(20)3-2-6-24-16/h2-8H,1H2. The van der Waals surface area contributed by atoms with Gasteiger partial charge < -0.3 is 4.74 Å². The number of ether oxygens (including phenoxy) is 1. The van der Waals surface area contributed by atoms with Crippen molar-refractivity contribution in [1.29, 1.82) is 0 Å². The van der Waals surface area contributed by atoms with Crippen molar-refractivity contribution in [1.82, 2.24) is 14.8 Å². The number of hydrogen-bond acceptors (Lipinski definition) is 4. The van der Waals surface area contributed by atoms with E-state index in [-0.39, 0.29) is 28.2 Å².